The van der Waals surface area contributed by atoms with Crippen molar-refractivity contribution in [3.8, 4) is 23.7 Å². The molecule has 2 aliphatic rings. The van der Waals surface area contributed by atoms with Crippen molar-refractivity contribution in [3.63, 3.8) is 0 Å². The Morgan fingerprint density at radius 3 is 1.53 bits per heavy atom. The molecule has 0 aliphatic heterocycles. The minimum atomic E-state index is -0.198. The van der Waals surface area contributed by atoms with Crippen molar-refractivity contribution in [2.75, 3.05) is 25.2 Å². The number of halogens is 1. The van der Waals surface area contributed by atoms with Crippen LogP contribution >= 0.6 is 15.9 Å². The number of alkyl halides is 1. The third kappa shape index (κ3) is 20.6. The molecule has 0 aromatic heterocycles. The lowest BCUT2D eigenvalue weighted by molar-refractivity contribution is -0.150. The van der Waals surface area contributed by atoms with E-state index in [1.165, 1.54) is 0 Å². The van der Waals surface area contributed by atoms with Crippen molar-refractivity contribution in [2.45, 2.75) is 114 Å². The number of carbonyl (C=O) groups excluding carboxylic acids is 2. The van der Waals surface area contributed by atoms with Gasteiger partial charge in [0.15, 0.2) is 0 Å². The van der Waals surface area contributed by atoms with Gasteiger partial charge in [-0.05, 0) is 79.1 Å². The van der Waals surface area contributed by atoms with E-state index in [0.29, 0.717) is 19.8 Å². The van der Waals surface area contributed by atoms with Gasteiger partial charge in [0.2, 0.25) is 0 Å². The highest BCUT2D eigenvalue weighted by Gasteiger charge is 2.27. The normalized spacial score (nSPS) is 21.5. The van der Waals surface area contributed by atoms with Crippen LogP contribution in [-0.4, -0.2) is 54.4 Å². The van der Waals surface area contributed by atoms with Crippen LogP contribution in [0.1, 0.15) is 101 Å². The molecule has 0 saturated heterocycles. The number of aliphatic hydroxyl groups is 1. The Morgan fingerprint density at radius 1 is 0.778 bits per heavy atom. The standard InChI is InChI=1S/C13H20O3.C9H16O3.C4H5Br.3CH4/c1-3-5-10-16-12-8-6-11(7-9-12)13(14)15-4-2;1-2-12-9(11)7-3-5-8(10)6-4-7;1-2-3-4-5;;;/h11-12H,4,6-10H2,1-2H3;7-8,10H,2-6H2,1H3;4H2,1H3;3*1H4. The molecule has 0 bridgehead atoms. The van der Waals surface area contributed by atoms with Gasteiger partial charge in [0.1, 0.15) is 6.61 Å². The van der Waals surface area contributed by atoms with E-state index in [1.807, 2.05) is 20.8 Å². The van der Waals surface area contributed by atoms with Crippen LogP contribution in [0.5, 0.6) is 0 Å². The molecule has 0 heterocycles. The summed E-state index contributed by atoms with van der Waals surface area (Å²) >= 11 is 3.14. The zero-order valence-electron chi connectivity index (χ0n) is 20.7. The van der Waals surface area contributed by atoms with Crippen LogP contribution in [0.2, 0.25) is 0 Å². The van der Waals surface area contributed by atoms with E-state index in [2.05, 4.69) is 39.6 Å². The lowest BCUT2D eigenvalue weighted by Crippen LogP contribution is -2.27. The Bertz CT molecular complexity index is 642. The van der Waals surface area contributed by atoms with Crippen LogP contribution in [0.15, 0.2) is 0 Å². The average Bonchev–Trinajstić information content (AvgIpc) is 2.82. The molecular weight excluding hydrogens is 524 g/mol. The van der Waals surface area contributed by atoms with Crippen molar-refractivity contribution in [1.29, 1.82) is 0 Å². The van der Waals surface area contributed by atoms with Gasteiger partial charge in [0.25, 0.3) is 0 Å². The number of carbonyl (C=O) groups is 2. The van der Waals surface area contributed by atoms with Gasteiger partial charge in [-0.1, -0.05) is 50.1 Å². The molecule has 2 fully saturated rings. The maximum absolute atomic E-state index is 11.5. The van der Waals surface area contributed by atoms with Gasteiger partial charge in [-0.3, -0.25) is 9.59 Å². The summed E-state index contributed by atoms with van der Waals surface area (Å²) in [5.74, 6) is 11.2. The minimum absolute atomic E-state index is 0. The Labute approximate surface area is 230 Å². The lowest BCUT2D eigenvalue weighted by atomic mass is 9.87. The summed E-state index contributed by atoms with van der Waals surface area (Å²) in [6.45, 7) is 8.72. The number of hydrogen-bond donors (Lipinski definition) is 1. The molecule has 0 spiro atoms. The zero-order chi connectivity index (χ0) is 24.9. The van der Waals surface area contributed by atoms with Crippen molar-refractivity contribution < 1.29 is 28.9 Å². The summed E-state index contributed by atoms with van der Waals surface area (Å²) in [5.41, 5.74) is 0. The fraction of sp³-hybridized carbons (Fsp3) is 0.793. The summed E-state index contributed by atoms with van der Waals surface area (Å²) < 4.78 is 15.5. The molecular formula is C29H53BrO6. The molecule has 0 unspecified atom stereocenters. The van der Waals surface area contributed by atoms with E-state index < -0.39 is 0 Å². The second-order valence-electron chi connectivity index (χ2n) is 7.78. The SMILES string of the molecule is C.C.C.CC#CCBr.CC#CCOC1CCC(C(=O)OCC)CC1.CCOC(=O)C1CCC(O)CC1. The number of rotatable bonds is 6. The van der Waals surface area contributed by atoms with E-state index in [4.69, 9.17) is 14.2 Å². The molecule has 0 amide bonds. The van der Waals surface area contributed by atoms with E-state index in [1.54, 1.807) is 6.92 Å². The Kier molecular flexibility index (Phi) is 32.4. The first-order valence-electron chi connectivity index (χ1n) is 11.9. The third-order valence-corrected chi connectivity index (χ3v) is 5.70. The molecule has 6 nitrogen and oxygen atoms in total. The van der Waals surface area contributed by atoms with Gasteiger partial charge in [0.05, 0.1) is 42.6 Å². The topological polar surface area (TPSA) is 82.1 Å². The van der Waals surface area contributed by atoms with Gasteiger partial charge in [-0.25, -0.2) is 0 Å². The first-order valence-corrected chi connectivity index (χ1v) is 13.0. The van der Waals surface area contributed by atoms with Crippen molar-refractivity contribution in [3.05, 3.63) is 0 Å². The van der Waals surface area contributed by atoms with Gasteiger partial charge in [0, 0.05) is 0 Å². The number of ether oxygens (including phenoxy) is 3. The molecule has 2 aliphatic carbocycles. The van der Waals surface area contributed by atoms with Crippen molar-refractivity contribution in [2.24, 2.45) is 11.8 Å². The lowest BCUT2D eigenvalue weighted by Gasteiger charge is -2.26. The number of aliphatic hydroxyl groups excluding tert-OH is 1. The van der Waals surface area contributed by atoms with Gasteiger partial charge < -0.3 is 19.3 Å². The highest BCUT2D eigenvalue weighted by molar-refractivity contribution is 9.09. The number of esters is 2. The van der Waals surface area contributed by atoms with Crippen LogP contribution in [0.3, 0.4) is 0 Å². The molecule has 0 aromatic rings. The average molecular weight is 578 g/mol. The Hall–Kier alpha value is -1.54. The van der Waals surface area contributed by atoms with Gasteiger partial charge >= 0.3 is 11.9 Å². The molecule has 2 rings (SSSR count). The molecule has 212 valence electrons. The maximum Gasteiger partial charge on any atom is 0.308 e. The smallest absolute Gasteiger partial charge is 0.308 e. The van der Waals surface area contributed by atoms with Crippen LogP contribution in [0.4, 0.5) is 0 Å². The molecule has 7 heteroatoms. The Balaban J connectivity index is -0.000000229. The summed E-state index contributed by atoms with van der Waals surface area (Å²) in [7, 11) is 0. The first kappa shape index (κ1) is 41.6. The molecule has 0 radical (unpaired) electrons. The second kappa shape index (κ2) is 28.0. The summed E-state index contributed by atoms with van der Waals surface area (Å²) in [4.78, 5) is 22.7. The van der Waals surface area contributed by atoms with Crippen LogP contribution in [-0.2, 0) is 23.8 Å². The van der Waals surface area contributed by atoms with Gasteiger partial charge in [-0.15, -0.1) is 11.8 Å². The van der Waals surface area contributed by atoms with Crippen LogP contribution in [0, 0.1) is 35.5 Å². The molecule has 0 atom stereocenters. The largest absolute Gasteiger partial charge is 0.466 e. The highest BCUT2D eigenvalue weighted by atomic mass is 79.9. The quantitative estimate of drug-likeness (QED) is 0.219. The van der Waals surface area contributed by atoms with Crippen molar-refractivity contribution >= 4 is 27.9 Å². The number of hydrogen-bond acceptors (Lipinski definition) is 6. The molecule has 36 heavy (non-hydrogen) atoms. The monoisotopic (exact) mass is 576 g/mol. The van der Waals surface area contributed by atoms with E-state index in [-0.39, 0.29) is 58.3 Å². The van der Waals surface area contributed by atoms with Crippen LogP contribution < -0.4 is 0 Å². The fourth-order valence-electron chi connectivity index (χ4n) is 3.60. The Morgan fingerprint density at radius 2 is 1.19 bits per heavy atom. The van der Waals surface area contributed by atoms with Crippen molar-refractivity contribution in [1.82, 2.24) is 0 Å². The fourth-order valence-corrected chi connectivity index (χ4v) is 3.88. The summed E-state index contributed by atoms with van der Waals surface area (Å²) in [5, 5.41) is 9.98. The minimum Gasteiger partial charge on any atom is -0.466 e. The zero-order valence-corrected chi connectivity index (χ0v) is 22.2. The second-order valence-corrected chi connectivity index (χ2v) is 8.34. The van der Waals surface area contributed by atoms with E-state index >= 15 is 0 Å². The summed E-state index contributed by atoms with van der Waals surface area (Å²) in [6, 6.07) is 0. The summed E-state index contributed by atoms with van der Waals surface area (Å²) in [6.07, 6.45) is 6.74. The maximum atomic E-state index is 11.5. The highest BCUT2D eigenvalue weighted by Crippen LogP contribution is 2.27. The van der Waals surface area contributed by atoms with Gasteiger partial charge in [-0.2, -0.15) is 0 Å². The predicted molar refractivity (Wildman–Crippen MR) is 154 cm³/mol. The molecule has 0 aromatic carbocycles. The van der Waals surface area contributed by atoms with E-state index in [0.717, 1.165) is 56.7 Å². The predicted octanol–water partition coefficient (Wildman–Crippen LogP) is 6.56. The van der Waals surface area contributed by atoms with E-state index in [9.17, 15) is 14.7 Å². The van der Waals surface area contributed by atoms with Crippen LogP contribution in [0.25, 0.3) is 0 Å². The molecule has 1 N–H and O–H groups in total. The third-order valence-electron chi connectivity index (χ3n) is 5.42. The first-order chi connectivity index (χ1) is 15.9. The molecule has 2 saturated carbocycles.